The number of aromatic nitrogens is 2. The molecule has 0 atom stereocenters. The molecule has 0 bridgehead atoms. The standard InChI is InChI=1S/C27H23F3N4O2/c1-15-4-7-23-21(12-15)32-25(36-23)17-8-10-34(11-9-17)24-19-13-18(16(2)27(28,29)30)5-6-22(19)33(3)26(35)20(24)14-31/h4-7,12-13,17H,2,8-11H2,1,3H3. The number of allylic oxidation sites excluding steroid dienone is 1. The number of piperidine rings is 1. The van der Waals surface area contributed by atoms with Gasteiger partial charge < -0.3 is 13.9 Å². The molecule has 9 heteroatoms. The molecule has 0 radical (unpaired) electrons. The highest BCUT2D eigenvalue weighted by atomic mass is 19.4. The van der Waals surface area contributed by atoms with E-state index in [-0.39, 0.29) is 17.0 Å². The molecule has 4 aromatic rings. The first kappa shape index (κ1) is 23.7. The Morgan fingerprint density at radius 2 is 1.92 bits per heavy atom. The molecule has 36 heavy (non-hydrogen) atoms. The molecule has 1 fully saturated rings. The monoisotopic (exact) mass is 492 g/mol. The van der Waals surface area contributed by atoms with Crippen LogP contribution in [0.4, 0.5) is 18.9 Å². The maximum absolute atomic E-state index is 13.3. The van der Waals surface area contributed by atoms with Crippen molar-refractivity contribution in [1.82, 2.24) is 9.55 Å². The Hall–Kier alpha value is -4.06. The van der Waals surface area contributed by atoms with Gasteiger partial charge in [0.2, 0.25) is 0 Å². The number of nitriles is 1. The summed E-state index contributed by atoms with van der Waals surface area (Å²) in [5.74, 6) is 0.700. The van der Waals surface area contributed by atoms with Crippen molar-refractivity contribution in [3.63, 3.8) is 0 Å². The third-order valence-corrected chi connectivity index (χ3v) is 6.89. The van der Waals surface area contributed by atoms with E-state index in [0.29, 0.717) is 48.4 Å². The van der Waals surface area contributed by atoms with E-state index in [1.54, 1.807) is 0 Å². The summed E-state index contributed by atoms with van der Waals surface area (Å²) in [7, 11) is 1.51. The fourth-order valence-electron chi connectivity index (χ4n) is 4.89. The highest BCUT2D eigenvalue weighted by Gasteiger charge is 2.34. The molecule has 0 amide bonds. The number of rotatable bonds is 3. The van der Waals surface area contributed by atoms with Gasteiger partial charge in [-0.1, -0.05) is 18.7 Å². The lowest BCUT2D eigenvalue weighted by Crippen LogP contribution is -2.36. The second kappa shape index (κ2) is 8.55. The summed E-state index contributed by atoms with van der Waals surface area (Å²) in [5, 5.41) is 10.3. The Kier molecular flexibility index (Phi) is 5.62. The van der Waals surface area contributed by atoms with Gasteiger partial charge in [-0.15, -0.1) is 0 Å². The summed E-state index contributed by atoms with van der Waals surface area (Å²) in [6, 6.07) is 12.0. The lowest BCUT2D eigenvalue weighted by atomic mass is 9.94. The first-order valence-corrected chi connectivity index (χ1v) is 11.5. The smallest absolute Gasteiger partial charge is 0.416 e. The van der Waals surface area contributed by atoms with Gasteiger partial charge in [-0.05, 0) is 55.2 Å². The van der Waals surface area contributed by atoms with Gasteiger partial charge in [-0.25, -0.2) is 4.98 Å². The molecule has 0 saturated carbocycles. The van der Waals surface area contributed by atoms with Crippen LogP contribution in [-0.4, -0.2) is 28.8 Å². The van der Waals surface area contributed by atoms with Crippen molar-refractivity contribution >= 4 is 33.3 Å². The third-order valence-electron chi connectivity index (χ3n) is 6.89. The summed E-state index contributed by atoms with van der Waals surface area (Å²) in [6.07, 6.45) is -3.28. The molecular formula is C27H23F3N4O2. The van der Waals surface area contributed by atoms with Crippen molar-refractivity contribution in [2.75, 3.05) is 18.0 Å². The van der Waals surface area contributed by atoms with E-state index in [4.69, 9.17) is 4.42 Å². The van der Waals surface area contributed by atoms with Crippen LogP contribution in [0, 0.1) is 18.3 Å². The van der Waals surface area contributed by atoms with Crippen LogP contribution in [0.2, 0.25) is 0 Å². The molecule has 0 aliphatic carbocycles. The van der Waals surface area contributed by atoms with Crippen LogP contribution >= 0.6 is 0 Å². The van der Waals surface area contributed by atoms with Crippen LogP contribution in [0.1, 0.15) is 41.3 Å². The molecule has 1 aliphatic rings. The normalized spacial score (nSPS) is 14.9. The Morgan fingerprint density at radius 1 is 1.19 bits per heavy atom. The molecule has 0 spiro atoms. The average molecular weight is 493 g/mol. The van der Waals surface area contributed by atoms with Gasteiger partial charge in [0, 0.05) is 31.4 Å². The molecule has 184 valence electrons. The number of oxazole rings is 1. The van der Waals surface area contributed by atoms with Gasteiger partial charge in [-0.2, -0.15) is 18.4 Å². The van der Waals surface area contributed by atoms with E-state index in [0.717, 1.165) is 16.7 Å². The molecule has 6 nitrogen and oxygen atoms in total. The van der Waals surface area contributed by atoms with Crippen LogP contribution in [0.5, 0.6) is 0 Å². The summed E-state index contributed by atoms with van der Waals surface area (Å²) < 4.78 is 47.3. The van der Waals surface area contributed by atoms with Gasteiger partial charge in [0.25, 0.3) is 5.56 Å². The molecule has 1 aliphatic heterocycles. The zero-order valence-electron chi connectivity index (χ0n) is 19.8. The number of benzene rings is 2. The van der Waals surface area contributed by atoms with Crippen molar-refractivity contribution in [3.8, 4) is 6.07 Å². The minimum absolute atomic E-state index is 0.0536. The van der Waals surface area contributed by atoms with Gasteiger partial charge in [-0.3, -0.25) is 4.79 Å². The first-order chi connectivity index (χ1) is 17.1. The number of anilines is 1. The summed E-state index contributed by atoms with van der Waals surface area (Å²) in [5.41, 5.74) is 1.76. The minimum Gasteiger partial charge on any atom is -0.440 e. The quantitative estimate of drug-likeness (QED) is 0.360. The molecule has 1 saturated heterocycles. The second-order valence-electron chi connectivity index (χ2n) is 9.19. The van der Waals surface area contributed by atoms with E-state index in [2.05, 4.69) is 11.6 Å². The predicted octanol–water partition coefficient (Wildman–Crippen LogP) is 5.82. The van der Waals surface area contributed by atoms with Gasteiger partial charge in [0.05, 0.1) is 16.8 Å². The van der Waals surface area contributed by atoms with Gasteiger partial charge in [0.15, 0.2) is 11.5 Å². The van der Waals surface area contributed by atoms with Crippen molar-refractivity contribution in [2.45, 2.75) is 31.9 Å². The topological polar surface area (TPSA) is 75.1 Å². The van der Waals surface area contributed by atoms with E-state index in [9.17, 15) is 23.2 Å². The van der Waals surface area contributed by atoms with Crippen LogP contribution in [0.25, 0.3) is 27.6 Å². The molecule has 2 aromatic carbocycles. The number of pyridine rings is 1. The van der Waals surface area contributed by atoms with Crippen molar-refractivity contribution in [3.05, 3.63) is 75.9 Å². The molecule has 3 heterocycles. The van der Waals surface area contributed by atoms with Crippen LogP contribution in [-0.2, 0) is 7.05 Å². The second-order valence-corrected chi connectivity index (χ2v) is 9.19. The van der Waals surface area contributed by atoms with E-state index in [1.165, 1.54) is 29.8 Å². The fourth-order valence-corrected chi connectivity index (χ4v) is 4.89. The molecule has 5 rings (SSSR count). The van der Waals surface area contributed by atoms with Crippen molar-refractivity contribution in [1.29, 1.82) is 5.26 Å². The van der Waals surface area contributed by atoms with E-state index < -0.39 is 17.3 Å². The Balaban J connectivity index is 1.53. The zero-order valence-corrected chi connectivity index (χ0v) is 19.8. The number of aryl methyl sites for hydroxylation is 2. The Labute approximate surface area is 204 Å². The van der Waals surface area contributed by atoms with Gasteiger partial charge in [0.1, 0.15) is 17.1 Å². The Bertz CT molecular complexity index is 1620. The number of halogens is 3. The lowest BCUT2D eigenvalue weighted by molar-refractivity contribution is -0.0686. The summed E-state index contributed by atoms with van der Waals surface area (Å²) in [4.78, 5) is 19.5. The SMILES string of the molecule is C=C(c1ccc2c(c1)c(N1CCC(c3nc4cc(C)ccc4o3)CC1)c(C#N)c(=O)n2C)C(F)(F)F. The lowest BCUT2D eigenvalue weighted by Gasteiger charge is -2.34. The van der Waals surface area contributed by atoms with E-state index >= 15 is 0 Å². The fraction of sp³-hybridized carbons (Fsp3) is 0.296. The number of fused-ring (bicyclic) bond motifs is 2. The highest BCUT2D eigenvalue weighted by Crippen LogP contribution is 2.38. The molecule has 2 aromatic heterocycles. The van der Waals surface area contributed by atoms with Crippen LogP contribution in [0.15, 0.2) is 52.2 Å². The first-order valence-electron chi connectivity index (χ1n) is 11.5. The van der Waals surface area contributed by atoms with Crippen LogP contribution < -0.4 is 10.5 Å². The third kappa shape index (κ3) is 3.92. The van der Waals surface area contributed by atoms with Crippen LogP contribution in [0.3, 0.4) is 0 Å². The molecular weight excluding hydrogens is 469 g/mol. The van der Waals surface area contributed by atoms with Gasteiger partial charge >= 0.3 is 6.18 Å². The average Bonchev–Trinajstić information content (AvgIpc) is 3.28. The number of hydrogen-bond acceptors (Lipinski definition) is 5. The molecule has 0 N–H and O–H groups in total. The maximum Gasteiger partial charge on any atom is 0.416 e. The highest BCUT2D eigenvalue weighted by molar-refractivity contribution is 5.97. The van der Waals surface area contributed by atoms with E-state index in [1.807, 2.05) is 36.1 Å². The Morgan fingerprint density at radius 3 is 2.58 bits per heavy atom. The maximum atomic E-state index is 13.3. The predicted molar refractivity (Wildman–Crippen MR) is 132 cm³/mol. The number of hydrogen-bond donors (Lipinski definition) is 0. The summed E-state index contributed by atoms with van der Waals surface area (Å²) >= 11 is 0. The van der Waals surface area contributed by atoms with Crippen molar-refractivity contribution < 1.29 is 17.6 Å². The zero-order chi connectivity index (χ0) is 25.8. The van der Waals surface area contributed by atoms with Crippen molar-refractivity contribution in [2.24, 2.45) is 7.05 Å². The number of nitrogens with zero attached hydrogens (tertiary/aromatic N) is 4. The minimum atomic E-state index is -4.59. The molecule has 0 unspecified atom stereocenters. The number of alkyl halides is 3. The largest absolute Gasteiger partial charge is 0.440 e. The summed E-state index contributed by atoms with van der Waals surface area (Å²) in [6.45, 7) is 6.17.